The van der Waals surface area contributed by atoms with E-state index < -0.39 is 16.0 Å². The number of hydrogen-bond acceptors (Lipinski definition) is 4. The van der Waals surface area contributed by atoms with Gasteiger partial charge in [0.15, 0.2) is 0 Å². The number of ether oxygens (including phenoxy) is 1. The maximum absolute atomic E-state index is 12.2. The van der Waals surface area contributed by atoms with Crippen molar-refractivity contribution in [2.75, 3.05) is 6.61 Å². The second-order valence-corrected chi connectivity index (χ2v) is 6.71. The molecule has 1 saturated carbocycles. The minimum Gasteiger partial charge on any atom is -0.462 e. The average molecular weight is 297 g/mol. The fourth-order valence-electron chi connectivity index (χ4n) is 1.99. The second-order valence-electron chi connectivity index (χ2n) is 4.99. The van der Waals surface area contributed by atoms with E-state index in [2.05, 4.69) is 4.72 Å². The molecule has 0 aliphatic heterocycles. The molecule has 0 saturated heterocycles. The molecule has 1 aliphatic rings. The number of carbonyl (C=O) groups is 1. The molecule has 0 heterocycles. The summed E-state index contributed by atoms with van der Waals surface area (Å²) in [5, 5.41) is 0. The van der Waals surface area contributed by atoms with Crippen LogP contribution in [0.15, 0.2) is 29.2 Å². The molecule has 1 aliphatic carbocycles. The van der Waals surface area contributed by atoms with Crippen molar-refractivity contribution in [2.24, 2.45) is 5.92 Å². The lowest BCUT2D eigenvalue weighted by Gasteiger charge is -2.13. The van der Waals surface area contributed by atoms with Crippen LogP contribution in [0.3, 0.4) is 0 Å². The first kappa shape index (κ1) is 15.0. The van der Waals surface area contributed by atoms with Crippen molar-refractivity contribution < 1.29 is 17.9 Å². The third kappa shape index (κ3) is 3.58. The van der Waals surface area contributed by atoms with Crippen LogP contribution in [0.25, 0.3) is 0 Å². The monoisotopic (exact) mass is 297 g/mol. The van der Waals surface area contributed by atoms with Gasteiger partial charge in [0.05, 0.1) is 17.1 Å². The van der Waals surface area contributed by atoms with Gasteiger partial charge >= 0.3 is 5.97 Å². The van der Waals surface area contributed by atoms with Crippen molar-refractivity contribution in [3.8, 4) is 0 Å². The zero-order valence-electron chi connectivity index (χ0n) is 11.6. The Morgan fingerprint density at radius 1 is 1.35 bits per heavy atom. The number of benzene rings is 1. The highest BCUT2D eigenvalue weighted by Gasteiger charge is 2.31. The standard InChI is InChI=1S/C14H19NO4S/c1-3-19-14(16)12-6-8-13(9-7-12)20(17,18)15-10(2)11-4-5-11/h6-11,15H,3-5H2,1-2H3/t10-/m1/s1. The Bertz CT molecular complexity index is 576. The first-order chi connectivity index (χ1) is 9.44. The van der Waals surface area contributed by atoms with E-state index >= 15 is 0 Å². The van der Waals surface area contributed by atoms with Crippen molar-refractivity contribution in [1.82, 2.24) is 4.72 Å². The first-order valence-electron chi connectivity index (χ1n) is 6.73. The predicted molar refractivity (Wildman–Crippen MR) is 74.9 cm³/mol. The van der Waals surface area contributed by atoms with Crippen molar-refractivity contribution in [2.45, 2.75) is 37.6 Å². The Morgan fingerprint density at radius 2 is 1.95 bits per heavy atom. The molecule has 0 radical (unpaired) electrons. The topological polar surface area (TPSA) is 72.5 Å². The second kappa shape index (κ2) is 5.93. The zero-order chi connectivity index (χ0) is 14.8. The molecule has 1 atom stereocenters. The number of sulfonamides is 1. The lowest BCUT2D eigenvalue weighted by atomic mass is 10.2. The Hall–Kier alpha value is -1.40. The highest BCUT2D eigenvalue weighted by atomic mass is 32.2. The van der Waals surface area contributed by atoms with E-state index in [0.29, 0.717) is 18.1 Å². The van der Waals surface area contributed by atoms with E-state index in [1.807, 2.05) is 6.92 Å². The van der Waals surface area contributed by atoms with Gasteiger partial charge in [-0.25, -0.2) is 17.9 Å². The highest BCUT2D eigenvalue weighted by Crippen LogP contribution is 2.33. The van der Waals surface area contributed by atoms with Gasteiger partial charge in [-0.1, -0.05) is 0 Å². The van der Waals surface area contributed by atoms with Crippen molar-refractivity contribution in [1.29, 1.82) is 0 Å². The largest absolute Gasteiger partial charge is 0.462 e. The lowest BCUT2D eigenvalue weighted by molar-refractivity contribution is 0.0526. The first-order valence-corrected chi connectivity index (χ1v) is 8.22. The van der Waals surface area contributed by atoms with Crippen LogP contribution in [0.5, 0.6) is 0 Å². The lowest BCUT2D eigenvalue weighted by Crippen LogP contribution is -2.34. The van der Waals surface area contributed by atoms with Crippen LogP contribution in [-0.2, 0) is 14.8 Å². The highest BCUT2D eigenvalue weighted by molar-refractivity contribution is 7.89. The molecule has 0 bridgehead atoms. The maximum Gasteiger partial charge on any atom is 0.338 e. The molecule has 0 spiro atoms. The minimum atomic E-state index is -3.52. The summed E-state index contributed by atoms with van der Waals surface area (Å²) in [5.74, 6) is -0.000615. The summed E-state index contributed by atoms with van der Waals surface area (Å²) in [5.41, 5.74) is 0.348. The van der Waals surface area contributed by atoms with Gasteiger partial charge < -0.3 is 4.74 Å². The van der Waals surface area contributed by atoms with Crippen LogP contribution in [0, 0.1) is 5.92 Å². The molecule has 1 aromatic rings. The number of carbonyl (C=O) groups excluding carboxylic acids is 1. The molecule has 6 heteroatoms. The van der Waals surface area contributed by atoms with Gasteiger partial charge in [-0.05, 0) is 56.9 Å². The van der Waals surface area contributed by atoms with Crippen molar-refractivity contribution in [3.05, 3.63) is 29.8 Å². The van der Waals surface area contributed by atoms with Gasteiger partial charge in [-0.3, -0.25) is 0 Å². The maximum atomic E-state index is 12.2. The summed E-state index contributed by atoms with van der Waals surface area (Å²) >= 11 is 0. The molecular weight excluding hydrogens is 278 g/mol. The Labute approximate surface area is 119 Å². The molecule has 5 nitrogen and oxygen atoms in total. The third-order valence-corrected chi connectivity index (χ3v) is 4.92. The number of hydrogen-bond donors (Lipinski definition) is 1. The van der Waals surface area contributed by atoms with E-state index in [-0.39, 0.29) is 10.9 Å². The van der Waals surface area contributed by atoms with Crippen molar-refractivity contribution >= 4 is 16.0 Å². The molecular formula is C14H19NO4S. The van der Waals surface area contributed by atoms with Gasteiger partial charge in [0.2, 0.25) is 10.0 Å². The zero-order valence-corrected chi connectivity index (χ0v) is 12.4. The summed E-state index contributed by atoms with van der Waals surface area (Å²) in [6.45, 7) is 3.89. The molecule has 20 heavy (non-hydrogen) atoms. The van der Waals surface area contributed by atoms with Crippen molar-refractivity contribution in [3.63, 3.8) is 0 Å². The molecule has 110 valence electrons. The minimum absolute atomic E-state index is 0.0512. The fraction of sp³-hybridized carbons (Fsp3) is 0.500. The number of nitrogens with one attached hydrogen (secondary N) is 1. The van der Waals surface area contributed by atoms with Gasteiger partial charge in [-0.15, -0.1) is 0 Å². The number of rotatable bonds is 6. The smallest absolute Gasteiger partial charge is 0.338 e. The van der Waals surface area contributed by atoms with E-state index in [4.69, 9.17) is 4.74 Å². The predicted octanol–water partition coefficient (Wildman–Crippen LogP) is 1.94. The number of esters is 1. The van der Waals surface area contributed by atoms with E-state index in [0.717, 1.165) is 12.8 Å². The molecule has 0 unspecified atom stereocenters. The van der Waals surface area contributed by atoms with Crippen LogP contribution < -0.4 is 4.72 Å². The summed E-state index contributed by atoms with van der Waals surface area (Å²) in [6.07, 6.45) is 2.15. The Kier molecular flexibility index (Phi) is 4.45. The summed E-state index contributed by atoms with van der Waals surface area (Å²) in [4.78, 5) is 11.7. The molecule has 2 rings (SSSR count). The van der Waals surface area contributed by atoms with E-state index in [1.54, 1.807) is 6.92 Å². The van der Waals surface area contributed by atoms with E-state index in [1.165, 1.54) is 24.3 Å². The van der Waals surface area contributed by atoms with Gasteiger partial charge in [-0.2, -0.15) is 0 Å². The molecule has 1 aromatic carbocycles. The summed E-state index contributed by atoms with van der Waals surface area (Å²) in [7, 11) is -3.52. The van der Waals surface area contributed by atoms with Gasteiger partial charge in [0, 0.05) is 6.04 Å². The van der Waals surface area contributed by atoms with E-state index in [9.17, 15) is 13.2 Å². The van der Waals surface area contributed by atoms with Crippen LogP contribution >= 0.6 is 0 Å². The summed E-state index contributed by atoms with van der Waals surface area (Å²) in [6, 6.07) is 5.73. The quantitative estimate of drug-likeness (QED) is 0.814. The van der Waals surface area contributed by atoms with Gasteiger partial charge in [0.1, 0.15) is 0 Å². The van der Waals surface area contributed by atoms with Crippen LogP contribution in [0.1, 0.15) is 37.0 Å². The molecule has 0 aromatic heterocycles. The Balaban J connectivity index is 2.09. The van der Waals surface area contributed by atoms with Crippen LogP contribution in [0.2, 0.25) is 0 Å². The normalized spacial score (nSPS) is 16.7. The SMILES string of the molecule is CCOC(=O)c1ccc(S(=O)(=O)N[C@H](C)C2CC2)cc1. The van der Waals surface area contributed by atoms with Gasteiger partial charge in [0.25, 0.3) is 0 Å². The Morgan fingerprint density at radius 3 is 2.45 bits per heavy atom. The summed E-state index contributed by atoms with van der Waals surface area (Å²) < 4.78 is 31.8. The average Bonchev–Trinajstić information content (AvgIpc) is 3.23. The fourth-order valence-corrected chi connectivity index (χ4v) is 3.30. The van der Waals surface area contributed by atoms with Crippen LogP contribution in [0.4, 0.5) is 0 Å². The third-order valence-electron chi connectivity index (χ3n) is 3.35. The molecule has 1 N–H and O–H groups in total. The molecule has 1 fully saturated rings. The molecule has 0 amide bonds. The van der Waals surface area contributed by atoms with Crippen LogP contribution in [-0.4, -0.2) is 27.0 Å².